The van der Waals surface area contributed by atoms with E-state index in [1.807, 2.05) is 13.0 Å². The number of benzene rings is 3. The molecule has 0 heterocycles. The van der Waals surface area contributed by atoms with Crippen molar-refractivity contribution in [3.63, 3.8) is 0 Å². The Bertz CT molecular complexity index is 1080. The van der Waals surface area contributed by atoms with Crippen molar-refractivity contribution in [1.82, 2.24) is 5.43 Å². The number of hydrogen-bond acceptors (Lipinski definition) is 5. The van der Waals surface area contributed by atoms with E-state index in [4.69, 9.17) is 9.47 Å². The number of ether oxygens (including phenoxy) is 2. The minimum atomic E-state index is -0.441. The van der Waals surface area contributed by atoms with Gasteiger partial charge in [-0.3, -0.25) is 4.79 Å². The Morgan fingerprint density at radius 2 is 1.70 bits per heavy atom. The smallest absolute Gasteiger partial charge is 0.343 e. The summed E-state index contributed by atoms with van der Waals surface area (Å²) in [5, 5.41) is 3.97. The number of amides is 1. The zero-order valence-electron chi connectivity index (χ0n) is 16.4. The van der Waals surface area contributed by atoms with Crippen molar-refractivity contribution in [2.45, 2.75) is 6.92 Å². The zero-order valence-corrected chi connectivity index (χ0v) is 18.0. The standard InChI is InChI=1S/C23H19BrN2O4/c1-15-3-12-20(21(13-15)29-2)22(27)26-25-14-16-4-10-19(11-5-16)30-23(28)17-6-8-18(24)9-7-17/h3-14H,1-2H3,(H,26,27). The topological polar surface area (TPSA) is 77.0 Å². The Balaban J connectivity index is 1.59. The van der Waals surface area contributed by atoms with Crippen molar-refractivity contribution in [1.29, 1.82) is 0 Å². The van der Waals surface area contributed by atoms with Gasteiger partial charge in [0.2, 0.25) is 0 Å². The molecule has 0 spiro atoms. The van der Waals surface area contributed by atoms with Crippen LogP contribution in [0.25, 0.3) is 0 Å². The second kappa shape index (κ2) is 9.84. The van der Waals surface area contributed by atoms with Gasteiger partial charge in [-0.15, -0.1) is 0 Å². The Morgan fingerprint density at radius 1 is 1.00 bits per heavy atom. The van der Waals surface area contributed by atoms with Gasteiger partial charge in [0.05, 0.1) is 24.5 Å². The van der Waals surface area contributed by atoms with Gasteiger partial charge in [0.1, 0.15) is 11.5 Å². The Kier molecular flexibility index (Phi) is 6.98. The molecule has 0 bridgehead atoms. The van der Waals surface area contributed by atoms with E-state index in [9.17, 15) is 9.59 Å². The summed E-state index contributed by atoms with van der Waals surface area (Å²) in [6.45, 7) is 1.92. The number of nitrogens with one attached hydrogen (secondary N) is 1. The predicted molar refractivity (Wildman–Crippen MR) is 118 cm³/mol. The van der Waals surface area contributed by atoms with E-state index in [0.717, 1.165) is 15.6 Å². The second-order valence-electron chi connectivity index (χ2n) is 6.37. The maximum absolute atomic E-state index is 12.3. The third-order valence-corrected chi connectivity index (χ3v) is 4.68. The number of carbonyl (C=O) groups is 2. The van der Waals surface area contributed by atoms with Gasteiger partial charge >= 0.3 is 5.97 Å². The van der Waals surface area contributed by atoms with E-state index in [-0.39, 0.29) is 5.91 Å². The molecule has 0 atom stereocenters. The summed E-state index contributed by atoms with van der Waals surface area (Å²) in [6, 6.07) is 19.0. The van der Waals surface area contributed by atoms with Crippen LogP contribution in [-0.4, -0.2) is 25.2 Å². The van der Waals surface area contributed by atoms with E-state index in [2.05, 4.69) is 26.5 Å². The molecule has 0 fully saturated rings. The van der Waals surface area contributed by atoms with Gasteiger partial charge < -0.3 is 9.47 Å². The van der Waals surface area contributed by atoms with Crippen LogP contribution in [0.15, 0.2) is 76.3 Å². The molecule has 1 N–H and O–H groups in total. The highest BCUT2D eigenvalue weighted by atomic mass is 79.9. The number of esters is 1. The monoisotopic (exact) mass is 466 g/mol. The van der Waals surface area contributed by atoms with Crippen LogP contribution in [0.5, 0.6) is 11.5 Å². The fraction of sp³-hybridized carbons (Fsp3) is 0.0870. The highest BCUT2D eigenvalue weighted by Crippen LogP contribution is 2.20. The van der Waals surface area contributed by atoms with Crippen molar-refractivity contribution >= 4 is 34.0 Å². The molecule has 0 aromatic heterocycles. The molecule has 0 aliphatic carbocycles. The van der Waals surface area contributed by atoms with Gasteiger partial charge in [0.25, 0.3) is 5.91 Å². The first-order chi connectivity index (χ1) is 14.5. The molecular formula is C23H19BrN2O4. The quantitative estimate of drug-likeness (QED) is 0.246. The maximum Gasteiger partial charge on any atom is 0.343 e. The molecular weight excluding hydrogens is 448 g/mol. The minimum Gasteiger partial charge on any atom is -0.496 e. The van der Waals surface area contributed by atoms with Crippen molar-refractivity contribution in [3.8, 4) is 11.5 Å². The highest BCUT2D eigenvalue weighted by Gasteiger charge is 2.11. The number of rotatable bonds is 6. The zero-order chi connectivity index (χ0) is 21.5. The Hall–Kier alpha value is -3.45. The number of halogens is 1. The van der Waals surface area contributed by atoms with Crippen molar-refractivity contribution in [2.24, 2.45) is 5.10 Å². The number of nitrogens with zero attached hydrogens (tertiary/aromatic N) is 1. The number of hydrogen-bond donors (Lipinski definition) is 1. The molecule has 0 saturated heterocycles. The summed E-state index contributed by atoms with van der Waals surface area (Å²) in [7, 11) is 1.51. The van der Waals surface area contributed by atoms with E-state index in [1.54, 1.807) is 60.7 Å². The summed E-state index contributed by atoms with van der Waals surface area (Å²) >= 11 is 3.33. The Labute approximate surface area is 182 Å². The van der Waals surface area contributed by atoms with Crippen molar-refractivity contribution < 1.29 is 19.1 Å². The Morgan fingerprint density at radius 3 is 2.37 bits per heavy atom. The molecule has 0 aliphatic heterocycles. The van der Waals surface area contributed by atoms with Crippen LogP contribution in [-0.2, 0) is 0 Å². The number of carbonyl (C=O) groups excluding carboxylic acids is 2. The lowest BCUT2D eigenvalue weighted by Crippen LogP contribution is -2.18. The lowest BCUT2D eigenvalue weighted by atomic mass is 10.1. The lowest BCUT2D eigenvalue weighted by Gasteiger charge is -2.07. The minimum absolute atomic E-state index is 0.372. The summed E-state index contributed by atoms with van der Waals surface area (Å²) in [5.74, 6) is 0.0829. The van der Waals surface area contributed by atoms with Gasteiger partial charge in [-0.05, 0) is 78.7 Å². The molecule has 0 aliphatic rings. The van der Waals surface area contributed by atoms with Gasteiger partial charge in [0, 0.05) is 4.47 Å². The molecule has 3 rings (SSSR count). The third kappa shape index (κ3) is 5.55. The van der Waals surface area contributed by atoms with Gasteiger partial charge in [-0.25, -0.2) is 10.2 Å². The SMILES string of the molecule is COc1cc(C)ccc1C(=O)NN=Cc1ccc(OC(=O)c2ccc(Br)cc2)cc1. The highest BCUT2D eigenvalue weighted by molar-refractivity contribution is 9.10. The average molecular weight is 467 g/mol. The van der Waals surface area contributed by atoms with E-state index >= 15 is 0 Å². The molecule has 7 heteroatoms. The van der Waals surface area contributed by atoms with Gasteiger partial charge in [-0.2, -0.15) is 5.10 Å². The van der Waals surface area contributed by atoms with Crippen molar-refractivity contribution in [2.75, 3.05) is 7.11 Å². The van der Waals surface area contributed by atoms with Crippen LogP contribution in [0, 0.1) is 6.92 Å². The largest absolute Gasteiger partial charge is 0.496 e. The number of methoxy groups -OCH3 is 1. The summed E-state index contributed by atoms with van der Waals surface area (Å²) in [6.07, 6.45) is 1.50. The van der Waals surface area contributed by atoms with E-state index in [0.29, 0.717) is 22.6 Å². The molecule has 0 unspecified atom stereocenters. The molecule has 3 aromatic carbocycles. The molecule has 30 heavy (non-hydrogen) atoms. The number of hydrazone groups is 1. The van der Waals surface area contributed by atoms with Crippen LogP contribution in [0.2, 0.25) is 0 Å². The first kappa shape index (κ1) is 21.3. The van der Waals surface area contributed by atoms with E-state index in [1.165, 1.54) is 13.3 Å². The summed E-state index contributed by atoms with van der Waals surface area (Å²) in [5.41, 5.74) is 5.06. The first-order valence-corrected chi connectivity index (χ1v) is 9.81. The van der Waals surface area contributed by atoms with Crippen molar-refractivity contribution in [3.05, 3.63) is 93.5 Å². The van der Waals surface area contributed by atoms with Gasteiger partial charge in [0.15, 0.2) is 0 Å². The summed E-state index contributed by atoms with van der Waals surface area (Å²) in [4.78, 5) is 24.4. The molecule has 0 radical (unpaired) electrons. The third-order valence-electron chi connectivity index (χ3n) is 4.15. The average Bonchev–Trinajstić information content (AvgIpc) is 2.75. The van der Waals surface area contributed by atoms with Crippen LogP contribution in [0.4, 0.5) is 0 Å². The van der Waals surface area contributed by atoms with E-state index < -0.39 is 5.97 Å². The molecule has 0 saturated carbocycles. The molecule has 6 nitrogen and oxygen atoms in total. The van der Waals surface area contributed by atoms with Crippen LogP contribution in [0.3, 0.4) is 0 Å². The molecule has 152 valence electrons. The maximum atomic E-state index is 12.3. The van der Waals surface area contributed by atoms with Crippen LogP contribution < -0.4 is 14.9 Å². The molecule has 1 amide bonds. The van der Waals surface area contributed by atoms with Crippen LogP contribution in [0.1, 0.15) is 31.8 Å². The first-order valence-electron chi connectivity index (χ1n) is 9.02. The van der Waals surface area contributed by atoms with Gasteiger partial charge in [-0.1, -0.05) is 22.0 Å². The predicted octanol–water partition coefficient (Wildman–Crippen LogP) is 4.75. The second-order valence-corrected chi connectivity index (χ2v) is 7.28. The summed E-state index contributed by atoms with van der Waals surface area (Å²) < 4.78 is 11.5. The molecule has 3 aromatic rings. The number of aryl methyl sites for hydroxylation is 1. The lowest BCUT2D eigenvalue weighted by molar-refractivity contribution is 0.0734. The fourth-order valence-electron chi connectivity index (χ4n) is 2.59. The van der Waals surface area contributed by atoms with Crippen LogP contribution >= 0.6 is 15.9 Å². The fourth-order valence-corrected chi connectivity index (χ4v) is 2.85. The normalized spacial score (nSPS) is 10.6.